The second-order valence-electron chi connectivity index (χ2n) is 12.7. The molecular weight excluding hydrogens is 372 g/mol. The summed E-state index contributed by atoms with van der Waals surface area (Å²) in [5.74, 6) is 3.32. The SMILES string of the molecule is CC[C@]12CC[C@H](O)CC1=CCC1C2CC[C@@]2(C)C1CC[C@@H]2CC(C)(C)[Si](C)(C)O. The smallest absolute Gasteiger partial charge is 0.188 e. The van der Waals surface area contributed by atoms with Crippen molar-refractivity contribution in [3.8, 4) is 0 Å². The van der Waals surface area contributed by atoms with Crippen LogP contribution in [0.1, 0.15) is 91.9 Å². The van der Waals surface area contributed by atoms with Gasteiger partial charge in [-0.25, -0.2) is 0 Å². The zero-order chi connectivity index (χ0) is 21.2. The average Bonchev–Trinajstić information content (AvgIpc) is 2.96. The van der Waals surface area contributed by atoms with Crippen molar-refractivity contribution in [2.24, 2.45) is 34.5 Å². The van der Waals surface area contributed by atoms with E-state index in [1.54, 1.807) is 5.57 Å². The fourth-order valence-electron chi connectivity index (χ4n) is 8.41. The second kappa shape index (κ2) is 7.20. The number of aliphatic hydroxyl groups excluding tert-OH is 1. The summed E-state index contributed by atoms with van der Waals surface area (Å²) in [4.78, 5) is 10.9. The highest BCUT2D eigenvalue weighted by Crippen LogP contribution is 2.68. The minimum Gasteiger partial charge on any atom is -0.432 e. The van der Waals surface area contributed by atoms with Gasteiger partial charge < -0.3 is 9.90 Å². The Kier molecular flexibility index (Phi) is 5.48. The van der Waals surface area contributed by atoms with Gasteiger partial charge in [-0.15, -0.1) is 0 Å². The molecule has 0 bridgehead atoms. The molecular formula is C26H46O2Si. The second-order valence-corrected chi connectivity index (χ2v) is 17.2. The van der Waals surface area contributed by atoms with Gasteiger partial charge in [-0.1, -0.05) is 39.3 Å². The highest BCUT2D eigenvalue weighted by molar-refractivity contribution is 6.72. The van der Waals surface area contributed by atoms with E-state index in [1.807, 2.05) is 0 Å². The van der Waals surface area contributed by atoms with Crippen LogP contribution in [0.5, 0.6) is 0 Å². The van der Waals surface area contributed by atoms with Crippen LogP contribution in [0.25, 0.3) is 0 Å². The molecule has 3 heteroatoms. The third-order valence-electron chi connectivity index (χ3n) is 11.0. The molecule has 3 fully saturated rings. The summed E-state index contributed by atoms with van der Waals surface area (Å²) in [6.45, 7) is 14.0. The molecule has 166 valence electrons. The van der Waals surface area contributed by atoms with Gasteiger partial charge in [0, 0.05) is 0 Å². The molecule has 0 aromatic heterocycles. The standard InChI is InChI=1S/C26H46O2Si/c1-7-26-15-12-20(27)16-18(26)8-10-21-22-11-9-19(17-24(2,3)29(5,6)28)25(22,4)14-13-23(21)26/h8,19-23,27-28H,7,9-17H2,1-6H3/t19-,20+,21?,22?,23?,25-,26+/m1/s1. The van der Waals surface area contributed by atoms with E-state index in [9.17, 15) is 9.90 Å². The number of aliphatic hydroxyl groups is 1. The summed E-state index contributed by atoms with van der Waals surface area (Å²) in [6.07, 6.45) is 14.9. The third kappa shape index (κ3) is 3.33. The first-order valence-corrected chi connectivity index (χ1v) is 15.5. The van der Waals surface area contributed by atoms with Gasteiger partial charge >= 0.3 is 0 Å². The Morgan fingerprint density at radius 1 is 1.10 bits per heavy atom. The van der Waals surface area contributed by atoms with Crippen LogP contribution >= 0.6 is 0 Å². The number of hydrogen-bond acceptors (Lipinski definition) is 2. The summed E-state index contributed by atoms with van der Waals surface area (Å²) in [5, 5.41) is 10.4. The minimum atomic E-state index is -2.16. The highest BCUT2D eigenvalue weighted by Gasteiger charge is 2.60. The largest absolute Gasteiger partial charge is 0.432 e. The molecule has 4 aliphatic rings. The van der Waals surface area contributed by atoms with Crippen LogP contribution < -0.4 is 0 Å². The highest BCUT2D eigenvalue weighted by atomic mass is 28.4. The Morgan fingerprint density at radius 3 is 2.48 bits per heavy atom. The molecule has 0 saturated heterocycles. The van der Waals surface area contributed by atoms with Gasteiger partial charge in [0.05, 0.1) is 6.10 Å². The molecule has 3 saturated carbocycles. The molecule has 4 aliphatic carbocycles. The van der Waals surface area contributed by atoms with E-state index in [-0.39, 0.29) is 11.1 Å². The van der Waals surface area contributed by atoms with Crippen LogP contribution in [-0.4, -0.2) is 24.3 Å². The van der Waals surface area contributed by atoms with E-state index in [0.29, 0.717) is 10.8 Å². The lowest BCUT2D eigenvalue weighted by atomic mass is 9.46. The quantitative estimate of drug-likeness (QED) is 0.394. The summed E-state index contributed by atoms with van der Waals surface area (Å²) < 4.78 is 0. The first-order valence-electron chi connectivity index (χ1n) is 12.5. The number of fused-ring (bicyclic) bond motifs is 5. The molecule has 0 aromatic carbocycles. The fraction of sp³-hybridized carbons (Fsp3) is 0.923. The van der Waals surface area contributed by atoms with Crippen molar-refractivity contribution < 1.29 is 9.90 Å². The zero-order valence-electron chi connectivity index (χ0n) is 19.9. The van der Waals surface area contributed by atoms with Gasteiger partial charge in [0.25, 0.3) is 0 Å². The van der Waals surface area contributed by atoms with E-state index in [4.69, 9.17) is 0 Å². The molecule has 0 spiro atoms. The molecule has 2 N–H and O–H groups in total. The molecule has 2 nitrogen and oxygen atoms in total. The van der Waals surface area contributed by atoms with E-state index in [2.05, 4.69) is 46.9 Å². The maximum absolute atomic E-state index is 10.9. The molecule has 0 amide bonds. The van der Waals surface area contributed by atoms with E-state index in [1.165, 1.54) is 51.4 Å². The Labute approximate surface area is 180 Å². The predicted octanol–water partition coefficient (Wildman–Crippen LogP) is 6.68. The van der Waals surface area contributed by atoms with Gasteiger partial charge in [-0.2, -0.15) is 0 Å². The van der Waals surface area contributed by atoms with Crippen LogP contribution in [0.4, 0.5) is 0 Å². The Morgan fingerprint density at radius 2 is 1.83 bits per heavy atom. The zero-order valence-corrected chi connectivity index (χ0v) is 20.9. The van der Waals surface area contributed by atoms with Crippen LogP contribution in [0, 0.1) is 34.5 Å². The Balaban J connectivity index is 1.59. The van der Waals surface area contributed by atoms with Crippen LogP contribution in [0.2, 0.25) is 18.1 Å². The summed E-state index contributed by atoms with van der Waals surface area (Å²) in [6, 6.07) is 0. The van der Waals surface area contributed by atoms with E-state index >= 15 is 0 Å². The Bertz CT molecular complexity index is 662. The predicted molar refractivity (Wildman–Crippen MR) is 124 cm³/mol. The molecule has 0 radical (unpaired) electrons. The topological polar surface area (TPSA) is 40.5 Å². The van der Waals surface area contributed by atoms with E-state index in [0.717, 1.165) is 36.5 Å². The van der Waals surface area contributed by atoms with Crippen molar-refractivity contribution in [1.82, 2.24) is 0 Å². The van der Waals surface area contributed by atoms with Crippen LogP contribution in [0.15, 0.2) is 11.6 Å². The van der Waals surface area contributed by atoms with Crippen molar-refractivity contribution in [3.05, 3.63) is 11.6 Å². The van der Waals surface area contributed by atoms with E-state index < -0.39 is 8.32 Å². The van der Waals surface area contributed by atoms with Crippen LogP contribution in [0.3, 0.4) is 0 Å². The first kappa shape index (κ1) is 22.1. The normalized spacial score (nSPS) is 45.2. The summed E-state index contributed by atoms with van der Waals surface area (Å²) >= 11 is 0. The molecule has 0 aliphatic heterocycles. The molecule has 0 heterocycles. The van der Waals surface area contributed by atoms with Gasteiger partial charge in [0.2, 0.25) is 0 Å². The van der Waals surface area contributed by atoms with Crippen LogP contribution in [-0.2, 0) is 0 Å². The first-order chi connectivity index (χ1) is 13.4. The average molecular weight is 419 g/mol. The maximum Gasteiger partial charge on any atom is 0.188 e. The lowest BCUT2D eigenvalue weighted by Gasteiger charge is -2.59. The van der Waals surface area contributed by atoms with Crippen molar-refractivity contribution >= 4 is 8.32 Å². The molecule has 29 heavy (non-hydrogen) atoms. The van der Waals surface area contributed by atoms with Gasteiger partial charge in [-0.3, -0.25) is 0 Å². The van der Waals surface area contributed by atoms with Crippen molar-refractivity contribution in [2.75, 3.05) is 0 Å². The Hall–Kier alpha value is -0.123. The van der Waals surface area contributed by atoms with Crippen molar-refractivity contribution in [3.63, 3.8) is 0 Å². The summed E-state index contributed by atoms with van der Waals surface area (Å²) in [5.41, 5.74) is 2.47. The maximum atomic E-state index is 10.9. The third-order valence-corrected chi connectivity index (χ3v) is 14.6. The number of allylic oxidation sites excluding steroid dienone is 1. The molecule has 0 aromatic rings. The van der Waals surface area contributed by atoms with Gasteiger partial charge in [-0.05, 0) is 117 Å². The summed E-state index contributed by atoms with van der Waals surface area (Å²) in [7, 11) is -2.16. The minimum absolute atomic E-state index is 0.0935. The monoisotopic (exact) mass is 418 g/mol. The molecule has 4 rings (SSSR count). The van der Waals surface area contributed by atoms with Gasteiger partial charge in [0.1, 0.15) is 0 Å². The van der Waals surface area contributed by atoms with Crippen molar-refractivity contribution in [2.45, 2.75) is 116 Å². The lowest BCUT2D eigenvalue weighted by Crippen LogP contribution is -2.51. The van der Waals surface area contributed by atoms with Gasteiger partial charge in [0.15, 0.2) is 8.32 Å². The fourth-order valence-corrected chi connectivity index (χ4v) is 9.16. The lowest BCUT2D eigenvalue weighted by molar-refractivity contribution is -0.0596. The number of hydrogen-bond donors (Lipinski definition) is 2. The molecule has 3 unspecified atom stereocenters. The van der Waals surface area contributed by atoms with Crippen molar-refractivity contribution in [1.29, 1.82) is 0 Å². The molecule has 7 atom stereocenters. The number of rotatable bonds is 4.